The van der Waals surface area contributed by atoms with Gasteiger partial charge >= 0.3 is 0 Å². The summed E-state index contributed by atoms with van der Waals surface area (Å²) in [7, 11) is 0. The number of nitrogens with zero attached hydrogens (tertiary/aromatic N) is 3. The molecule has 0 bridgehead atoms. The summed E-state index contributed by atoms with van der Waals surface area (Å²) in [5, 5.41) is 7.39. The van der Waals surface area contributed by atoms with E-state index in [1.807, 2.05) is 12.1 Å². The van der Waals surface area contributed by atoms with Crippen LogP contribution < -0.4 is 5.32 Å². The summed E-state index contributed by atoms with van der Waals surface area (Å²) < 4.78 is 5.31. The maximum absolute atomic E-state index is 5.31. The molecular weight excluding hydrogens is 240 g/mol. The summed E-state index contributed by atoms with van der Waals surface area (Å²) in [5.74, 6) is 2.15. The van der Waals surface area contributed by atoms with Crippen molar-refractivity contribution < 1.29 is 4.52 Å². The molecule has 19 heavy (non-hydrogen) atoms. The third kappa shape index (κ3) is 3.17. The van der Waals surface area contributed by atoms with E-state index >= 15 is 0 Å². The Labute approximate surface area is 112 Å². The van der Waals surface area contributed by atoms with Gasteiger partial charge in [0, 0.05) is 24.4 Å². The van der Waals surface area contributed by atoms with E-state index in [1.54, 1.807) is 12.4 Å². The van der Waals surface area contributed by atoms with Crippen LogP contribution in [0.2, 0.25) is 0 Å². The highest BCUT2D eigenvalue weighted by molar-refractivity contribution is 5.51. The first-order valence-corrected chi connectivity index (χ1v) is 6.85. The molecule has 5 nitrogen and oxygen atoms in total. The highest BCUT2D eigenvalue weighted by atomic mass is 16.5. The largest absolute Gasteiger partial charge is 0.339 e. The van der Waals surface area contributed by atoms with Gasteiger partial charge in [0.25, 0.3) is 0 Å². The Kier molecular flexibility index (Phi) is 3.83. The zero-order chi connectivity index (χ0) is 12.9. The van der Waals surface area contributed by atoms with Crippen molar-refractivity contribution in [1.29, 1.82) is 0 Å². The molecule has 0 unspecified atom stereocenters. The van der Waals surface area contributed by atoms with Crippen LogP contribution in [0.4, 0.5) is 0 Å². The second kappa shape index (κ2) is 5.93. The Morgan fingerprint density at radius 1 is 1.32 bits per heavy atom. The molecule has 1 N–H and O–H groups in total. The Morgan fingerprint density at radius 3 is 3.00 bits per heavy atom. The van der Waals surface area contributed by atoms with Crippen molar-refractivity contribution in [2.45, 2.75) is 25.7 Å². The Hall–Kier alpha value is -1.75. The average Bonchev–Trinajstić information content (AvgIpc) is 2.96. The Balaban J connectivity index is 1.59. The molecule has 1 saturated heterocycles. The maximum Gasteiger partial charge on any atom is 0.226 e. The smallest absolute Gasteiger partial charge is 0.226 e. The lowest BCUT2D eigenvalue weighted by atomic mass is 9.93. The van der Waals surface area contributed by atoms with E-state index in [4.69, 9.17) is 4.52 Å². The van der Waals surface area contributed by atoms with Crippen molar-refractivity contribution in [1.82, 2.24) is 20.4 Å². The molecule has 0 amide bonds. The van der Waals surface area contributed by atoms with Crippen molar-refractivity contribution >= 4 is 0 Å². The molecule has 5 heteroatoms. The average molecular weight is 258 g/mol. The minimum absolute atomic E-state index is 0.633. The number of rotatable bonds is 4. The second-order valence-electron chi connectivity index (χ2n) is 4.99. The van der Waals surface area contributed by atoms with Gasteiger partial charge in [0.2, 0.25) is 11.7 Å². The van der Waals surface area contributed by atoms with Crippen LogP contribution in [0.3, 0.4) is 0 Å². The van der Waals surface area contributed by atoms with Crippen LogP contribution in [0.15, 0.2) is 29.0 Å². The van der Waals surface area contributed by atoms with Gasteiger partial charge in [-0.15, -0.1) is 0 Å². The molecule has 1 fully saturated rings. The predicted octanol–water partition coefficient (Wildman–Crippen LogP) is 2.06. The van der Waals surface area contributed by atoms with E-state index < -0.39 is 0 Å². The first-order chi connectivity index (χ1) is 9.42. The summed E-state index contributed by atoms with van der Waals surface area (Å²) in [6.45, 7) is 2.27. The Morgan fingerprint density at radius 2 is 2.21 bits per heavy atom. The third-order valence-corrected chi connectivity index (χ3v) is 3.61. The Bertz CT molecular complexity index is 505. The van der Waals surface area contributed by atoms with E-state index in [9.17, 15) is 0 Å². The van der Waals surface area contributed by atoms with Gasteiger partial charge in [-0.1, -0.05) is 5.16 Å². The van der Waals surface area contributed by atoms with E-state index in [0.29, 0.717) is 5.82 Å². The maximum atomic E-state index is 5.31. The number of hydrogen-bond donors (Lipinski definition) is 1. The zero-order valence-corrected chi connectivity index (χ0v) is 10.9. The first kappa shape index (κ1) is 12.3. The SMILES string of the molecule is c1cncc(-c2noc(CCC3CCNCC3)n2)c1. The lowest BCUT2D eigenvalue weighted by Crippen LogP contribution is -2.27. The van der Waals surface area contributed by atoms with Gasteiger partial charge in [0.15, 0.2) is 0 Å². The van der Waals surface area contributed by atoms with Gasteiger partial charge in [-0.2, -0.15) is 4.98 Å². The number of hydrogen-bond acceptors (Lipinski definition) is 5. The highest BCUT2D eigenvalue weighted by Gasteiger charge is 2.15. The fourth-order valence-electron chi connectivity index (χ4n) is 2.47. The summed E-state index contributed by atoms with van der Waals surface area (Å²) >= 11 is 0. The molecule has 0 saturated carbocycles. The topological polar surface area (TPSA) is 63.8 Å². The highest BCUT2D eigenvalue weighted by Crippen LogP contribution is 2.19. The van der Waals surface area contributed by atoms with Gasteiger partial charge in [-0.3, -0.25) is 4.98 Å². The molecule has 100 valence electrons. The fraction of sp³-hybridized carbons (Fsp3) is 0.500. The van der Waals surface area contributed by atoms with Crippen LogP contribution in [-0.4, -0.2) is 28.2 Å². The van der Waals surface area contributed by atoms with Gasteiger partial charge in [0.1, 0.15) is 0 Å². The number of nitrogens with one attached hydrogen (secondary N) is 1. The molecular formula is C14H18N4O. The van der Waals surface area contributed by atoms with Crippen LogP contribution in [0.25, 0.3) is 11.4 Å². The lowest BCUT2D eigenvalue weighted by Gasteiger charge is -2.21. The quantitative estimate of drug-likeness (QED) is 0.909. The van der Waals surface area contributed by atoms with Crippen LogP contribution >= 0.6 is 0 Å². The summed E-state index contributed by atoms with van der Waals surface area (Å²) in [5.41, 5.74) is 0.902. The predicted molar refractivity (Wildman–Crippen MR) is 71.4 cm³/mol. The van der Waals surface area contributed by atoms with Gasteiger partial charge in [-0.05, 0) is 50.4 Å². The summed E-state index contributed by atoms with van der Waals surface area (Å²) in [6.07, 6.45) is 8.00. The molecule has 3 heterocycles. The molecule has 2 aromatic rings. The van der Waals surface area contributed by atoms with Crippen LogP contribution in [0, 0.1) is 5.92 Å². The normalized spacial score (nSPS) is 16.6. The fourth-order valence-corrected chi connectivity index (χ4v) is 2.47. The van der Waals surface area contributed by atoms with E-state index in [0.717, 1.165) is 43.3 Å². The lowest BCUT2D eigenvalue weighted by molar-refractivity contribution is 0.324. The minimum Gasteiger partial charge on any atom is -0.339 e. The number of aromatic nitrogens is 3. The van der Waals surface area contributed by atoms with Crippen LogP contribution in [0.5, 0.6) is 0 Å². The van der Waals surface area contributed by atoms with Gasteiger partial charge < -0.3 is 9.84 Å². The molecule has 0 atom stereocenters. The molecule has 3 rings (SSSR count). The van der Waals surface area contributed by atoms with Gasteiger partial charge in [0.05, 0.1) is 0 Å². The van der Waals surface area contributed by atoms with Crippen LogP contribution in [-0.2, 0) is 6.42 Å². The minimum atomic E-state index is 0.633. The van der Waals surface area contributed by atoms with E-state index in [2.05, 4.69) is 20.4 Å². The van der Waals surface area contributed by atoms with Crippen molar-refractivity contribution in [3.63, 3.8) is 0 Å². The van der Waals surface area contributed by atoms with Crippen molar-refractivity contribution in [3.05, 3.63) is 30.4 Å². The molecule has 0 aliphatic carbocycles. The van der Waals surface area contributed by atoms with E-state index in [-0.39, 0.29) is 0 Å². The van der Waals surface area contributed by atoms with Gasteiger partial charge in [-0.25, -0.2) is 0 Å². The van der Waals surface area contributed by atoms with Crippen LogP contribution in [0.1, 0.15) is 25.2 Å². The standard InChI is InChI=1S/C14H18N4O/c1-2-12(10-16-7-1)14-17-13(19-18-14)4-3-11-5-8-15-9-6-11/h1-2,7,10-11,15H,3-6,8-9H2. The van der Waals surface area contributed by atoms with Crippen molar-refractivity contribution in [2.24, 2.45) is 5.92 Å². The summed E-state index contributed by atoms with van der Waals surface area (Å²) in [6, 6.07) is 3.81. The molecule has 1 aliphatic rings. The number of pyridine rings is 1. The first-order valence-electron chi connectivity index (χ1n) is 6.85. The van der Waals surface area contributed by atoms with E-state index in [1.165, 1.54) is 12.8 Å². The number of piperidine rings is 1. The van der Waals surface area contributed by atoms with Crippen molar-refractivity contribution in [3.8, 4) is 11.4 Å². The second-order valence-corrected chi connectivity index (χ2v) is 4.99. The molecule has 0 aromatic carbocycles. The molecule has 0 radical (unpaired) electrons. The zero-order valence-electron chi connectivity index (χ0n) is 10.9. The monoisotopic (exact) mass is 258 g/mol. The molecule has 0 spiro atoms. The van der Waals surface area contributed by atoms with Crippen molar-refractivity contribution in [2.75, 3.05) is 13.1 Å². The number of aryl methyl sites for hydroxylation is 1. The molecule has 2 aromatic heterocycles. The molecule has 1 aliphatic heterocycles. The summed E-state index contributed by atoms with van der Waals surface area (Å²) in [4.78, 5) is 8.49. The third-order valence-electron chi connectivity index (χ3n) is 3.61.